The highest BCUT2D eigenvalue weighted by atomic mass is 19.4. The number of hydrogen-bond donors (Lipinski definition) is 0. The topological polar surface area (TPSA) is 20.3 Å². The van der Waals surface area contributed by atoms with Gasteiger partial charge in [0, 0.05) is 23.4 Å². The van der Waals surface area contributed by atoms with Crippen molar-refractivity contribution in [3.63, 3.8) is 0 Å². The lowest BCUT2D eigenvalue weighted by Gasteiger charge is -2.44. The van der Waals surface area contributed by atoms with Gasteiger partial charge in [-0.1, -0.05) is 37.3 Å². The lowest BCUT2D eigenvalue weighted by molar-refractivity contribution is -0.228. The first-order chi connectivity index (χ1) is 15.9. The Kier molecular flexibility index (Phi) is 5.16. The van der Waals surface area contributed by atoms with E-state index in [0.29, 0.717) is 44.7 Å². The second kappa shape index (κ2) is 7.53. The molecule has 0 radical (unpaired) electrons. The summed E-state index contributed by atoms with van der Waals surface area (Å²) in [5.41, 5.74) is -2.18. The number of alkyl halides is 4. The van der Waals surface area contributed by atoms with E-state index in [1.54, 1.807) is 18.2 Å². The number of carbonyl (C=O) groups is 1. The Hall–Kier alpha value is -2.44. The first-order valence-electron chi connectivity index (χ1n) is 11.8. The molecule has 34 heavy (non-hydrogen) atoms. The normalized spacial score (nSPS) is 27.0. The van der Waals surface area contributed by atoms with Gasteiger partial charge in [-0.25, -0.2) is 8.78 Å². The highest BCUT2D eigenvalue weighted by molar-refractivity contribution is 5.86. The summed E-state index contributed by atoms with van der Waals surface area (Å²) >= 11 is 0. The highest BCUT2D eigenvalue weighted by Gasteiger charge is 2.58. The van der Waals surface area contributed by atoms with Crippen LogP contribution in [0.4, 0.5) is 22.0 Å². The largest absolute Gasteiger partial charge is 0.426 e. The first-order valence-corrected chi connectivity index (χ1v) is 11.8. The Morgan fingerprint density at radius 3 is 2.35 bits per heavy atom. The number of carbonyl (C=O) groups excluding carboxylic acids is 1. The zero-order valence-corrected chi connectivity index (χ0v) is 19.3. The van der Waals surface area contributed by atoms with E-state index in [1.807, 2.05) is 11.8 Å². The lowest BCUT2D eigenvalue weighted by atomic mass is 9.63. The summed E-state index contributed by atoms with van der Waals surface area (Å²) in [4.78, 5) is 15.3. The SMILES string of the molecule is CC1(C(=O)N2CC[C@@]3(Cc4ccc(F)cc4)c4ccc(C(C)(F)C(F)(F)F)cc4CC[C@@H]23)CC1. The van der Waals surface area contributed by atoms with Crippen molar-refractivity contribution < 1.29 is 26.7 Å². The molecule has 2 aliphatic carbocycles. The number of amides is 1. The van der Waals surface area contributed by atoms with Crippen LogP contribution < -0.4 is 0 Å². The van der Waals surface area contributed by atoms with Gasteiger partial charge in [0.05, 0.1) is 0 Å². The van der Waals surface area contributed by atoms with Crippen LogP contribution in [-0.2, 0) is 28.7 Å². The third-order valence-corrected chi connectivity index (χ3v) is 8.43. The fourth-order valence-corrected chi connectivity index (χ4v) is 5.98. The second-order valence-corrected chi connectivity index (χ2v) is 10.7. The number of fused-ring (bicyclic) bond motifs is 3. The smallest absolute Gasteiger partial charge is 0.338 e. The van der Waals surface area contributed by atoms with Gasteiger partial charge in [-0.05, 0) is 79.8 Å². The Morgan fingerprint density at radius 2 is 1.74 bits per heavy atom. The molecule has 1 unspecified atom stereocenters. The van der Waals surface area contributed by atoms with Crippen molar-refractivity contribution in [3.8, 4) is 0 Å². The predicted molar refractivity (Wildman–Crippen MR) is 119 cm³/mol. The number of halogens is 5. The molecule has 5 rings (SSSR count). The number of rotatable bonds is 4. The molecule has 1 heterocycles. The van der Waals surface area contributed by atoms with Gasteiger partial charge < -0.3 is 4.90 Å². The van der Waals surface area contributed by atoms with Crippen LogP contribution in [0.1, 0.15) is 61.8 Å². The molecule has 1 saturated carbocycles. The highest BCUT2D eigenvalue weighted by Crippen LogP contribution is 2.54. The fourth-order valence-electron chi connectivity index (χ4n) is 5.98. The van der Waals surface area contributed by atoms with E-state index in [4.69, 9.17) is 0 Å². The molecule has 0 bridgehead atoms. The van der Waals surface area contributed by atoms with E-state index in [0.717, 1.165) is 24.0 Å². The minimum Gasteiger partial charge on any atom is -0.338 e. The molecule has 2 fully saturated rings. The molecule has 2 aromatic rings. The Bertz CT molecular complexity index is 1120. The summed E-state index contributed by atoms with van der Waals surface area (Å²) in [5.74, 6) is -0.197. The molecule has 0 N–H and O–H groups in total. The van der Waals surface area contributed by atoms with Crippen molar-refractivity contribution in [1.29, 1.82) is 0 Å². The summed E-state index contributed by atoms with van der Waals surface area (Å²) < 4.78 is 68.4. The van der Waals surface area contributed by atoms with Crippen LogP contribution in [0.3, 0.4) is 0 Å². The van der Waals surface area contributed by atoms with E-state index < -0.39 is 22.8 Å². The number of likely N-dealkylation sites (tertiary alicyclic amines) is 1. The molecule has 3 atom stereocenters. The van der Waals surface area contributed by atoms with Gasteiger partial charge in [0.2, 0.25) is 11.6 Å². The molecule has 1 amide bonds. The molecular weight excluding hydrogens is 449 g/mol. The Morgan fingerprint density at radius 1 is 1.06 bits per heavy atom. The van der Waals surface area contributed by atoms with Gasteiger partial charge in [0.25, 0.3) is 0 Å². The molecular formula is C27H28F5NO. The van der Waals surface area contributed by atoms with Crippen molar-refractivity contribution in [2.75, 3.05) is 6.54 Å². The maximum atomic E-state index is 14.7. The summed E-state index contributed by atoms with van der Waals surface area (Å²) in [5, 5.41) is 0. The van der Waals surface area contributed by atoms with E-state index in [9.17, 15) is 26.7 Å². The Labute approximate surface area is 196 Å². The molecule has 2 aromatic carbocycles. The number of hydrogen-bond acceptors (Lipinski definition) is 1. The summed E-state index contributed by atoms with van der Waals surface area (Å²) in [7, 11) is 0. The van der Waals surface area contributed by atoms with Crippen molar-refractivity contribution in [2.24, 2.45) is 5.41 Å². The monoisotopic (exact) mass is 477 g/mol. The lowest BCUT2D eigenvalue weighted by Crippen LogP contribution is -2.50. The molecule has 1 saturated heterocycles. The zero-order valence-electron chi connectivity index (χ0n) is 19.3. The quantitative estimate of drug-likeness (QED) is 0.467. The molecule has 0 spiro atoms. The van der Waals surface area contributed by atoms with Gasteiger partial charge >= 0.3 is 6.18 Å². The van der Waals surface area contributed by atoms with E-state index >= 15 is 0 Å². The number of benzene rings is 2. The molecule has 3 aliphatic rings. The fraction of sp³-hybridized carbons (Fsp3) is 0.519. The van der Waals surface area contributed by atoms with Crippen LogP contribution in [0.2, 0.25) is 0 Å². The minimum atomic E-state index is -5.01. The zero-order chi connectivity index (χ0) is 24.5. The summed E-state index contributed by atoms with van der Waals surface area (Å²) in [6.07, 6.45) is -0.992. The van der Waals surface area contributed by atoms with E-state index in [2.05, 4.69) is 0 Å². The van der Waals surface area contributed by atoms with Gasteiger partial charge in [-0.15, -0.1) is 0 Å². The van der Waals surface area contributed by atoms with Crippen LogP contribution >= 0.6 is 0 Å². The van der Waals surface area contributed by atoms with Crippen LogP contribution in [0, 0.1) is 11.2 Å². The molecule has 7 heteroatoms. The first kappa shape index (κ1) is 23.3. The molecule has 1 aliphatic heterocycles. The van der Waals surface area contributed by atoms with Gasteiger partial charge in [0.15, 0.2) is 0 Å². The standard InChI is InChI=1S/C27H28F5NO/c1-24(11-12-24)23(34)33-14-13-26(16-17-3-7-20(28)8-4-17)21-9-6-19(25(2,29)27(30,31)32)15-18(21)5-10-22(26)33/h3-4,6-9,15,22H,5,10-14,16H2,1-2H3/t22-,25?,26-/m1/s1. The minimum absolute atomic E-state index is 0.0970. The van der Waals surface area contributed by atoms with Crippen molar-refractivity contribution in [3.05, 3.63) is 70.5 Å². The average molecular weight is 478 g/mol. The maximum absolute atomic E-state index is 14.7. The molecule has 0 aromatic heterocycles. The van der Waals surface area contributed by atoms with Crippen molar-refractivity contribution in [2.45, 2.75) is 75.7 Å². The van der Waals surface area contributed by atoms with Crippen LogP contribution in [0.15, 0.2) is 42.5 Å². The van der Waals surface area contributed by atoms with Crippen LogP contribution in [0.5, 0.6) is 0 Å². The predicted octanol–water partition coefficient (Wildman–Crippen LogP) is 6.40. The Balaban J connectivity index is 1.58. The summed E-state index contributed by atoms with van der Waals surface area (Å²) in [6, 6.07) is 10.4. The van der Waals surface area contributed by atoms with E-state index in [-0.39, 0.29) is 23.2 Å². The third-order valence-electron chi connectivity index (χ3n) is 8.43. The van der Waals surface area contributed by atoms with Crippen LogP contribution in [0.25, 0.3) is 0 Å². The van der Waals surface area contributed by atoms with Crippen molar-refractivity contribution in [1.82, 2.24) is 4.90 Å². The summed E-state index contributed by atoms with van der Waals surface area (Å²) in [6.45, 7) is 3.11. The van der Waals surface area contributed by atoms with Gasteiger partial charge in [-0.2, -0.15) is 13.2 Å². The molecule has 2 nitrogen and oxygen atoms in total. The second-order valence-electron chi connectivity index (χ2n) is 10.7. The molecule has 182 valence electrons. The van der Waals surface area contributed by atoms with Crippen LogP contribution in [-0.4, -0.2) is 29.6 Å². The van der Waals surface area contributed by atoms with E-state index in [1.165, 1.54) is 24.3 Å². The van der Waals surface area contributed by atoms with Gasteiger partial charge in [0.1, 0.15) is 5.82 Å². The van der Waals surface area contributed by atoms with Gasteiger partial charge in [-0.3, -0.25) is 4.79 Å². The van der Waals surface area contributed by atoms with Crippen molar-refractivity contribution >= 4 is 5.91 Å². The maximum Gasteiger partial charge on any atom is 0.426 e. The number of nitrogens with zero attached hydrogens (tertiary/aromatic N) is 1. The number of aryl methyl sites for hydroxylation is 1. The average Bonchev–Trinajstić information content (AvgIpc) is 3.42. The third kappa shape index (κ3) is 3.54.